The summed E-state index contributed by atoms with van der Waals surface area (Å²) in [6, 6.07) is 0. The van der Waals surface area contributed by atoms with Crippen LogP contribution < -0.4 is 0 Å². The van der Waals surface area contributed by atoms with Crippen LogP contribution in [-0.4, -0.2) is 96.7 Å². The van der Waals surface area contributed by atoms with Crippen molar-refractivity contribution in [3.63, 3.8) is 0 Å². The lowest BCUT2D eigenvalue weighted by atomic mass is 10.00. The molecule has 552 valence electrons. The van der Waals surface area contributed by atoms with Gasteiger partial charge in [0.15, 0.2) is 12.2 Å². The molecular formula is C74H144O17P2. The summed E-state index contributed by atoms with van der Waals surface area (Å²) < 4.78 is 68.4. The molecule has 3 N–H and O–H groups in total. The molecule has 0 aromatic carbocycles. The number of phosphoric acid groups is 2. The summed E-state index contributed by atoms with van der Waals surface area (Å²) in [5.41, 5.74) is 0. The van der Waals surface area contributed by atoms with E-state index in [1.807, 2.05) is 0 Å². The minimum absolute atomic E-state index is 0.102. The van der Waals surface area contributed by atoms with Gasteiger partial charge in [-0.1, -0.05) is 330 Å². The quantitative estimate of drug-likeness (QED) is 0.0222. The van der Waals surface area contributed by atoms with Crippen molar-refractivity contribution in [2.24, 2.45) is 11.8 Å². The van der Waals surface area contributed by atoms with Crippen LogP contribution in [0.15, 0.2) is 0 Å². The number of hydrogen-bond acceptors (Lipinski definition) is 15. The highest BCUT2D eigenvalue weighted by Crippen LogP contribution is 2.45. The average molecular weight is 1370 g/mol. The van der Waals surface area contributed by atoms with E-state index >= 15 is 0 Å². The maximum Gasteiger partial charge on any atom is 0.472 e. The number of aliphatic hydroxyl groups excluding tert-OH is 1. The molecule has 0 fully saturated rings. The molecule has 17 nitrogen and oxygen atoms in total. The molecule has 0 aliphatic carbocycles. The molecule has 0 saturated carbocycles. The van der Waals surface area contributed by atoms with Gasteiger partial charge in [-0.25, -0.2) is 9.13 Å². The van der Waals surface area contributed by atoms with Crippen molar-refractivity contribution in [2.45, 2.75) is 400 Å². The van der Waals surface area contributed by atoms with Gasteiger partial charge in [0.25, 0.3) is 0 Å². The standard InChI is InChI=1S/C74H144O17P2/c1-7-11-13-15-17-19-21-23-24-25-26-27-28-29-31-33-35-37-46-52-58-73(78)90-69(62-84-71(76)56-50-44-36-34-32-30-22-20-18-16-14-12-8-2)64-88-92(80,81)86-60-68(75)61-87-93(82,83)89-65-70(91-74(79)59-53-47-41-39-43-49-55-67(6)10-4)63-85-72(77)57-51-45-40-38-42-48-54-66(5)9-3/h66-70,75H,7-65H2,1-6H3,(H,80,81)(H,82,83)/t66?,67?,68-,69-,70-/m1/s1. The van der Waals surface area contributed by atoms with Gasteiger partial charge in [-0.3, -0.25) is 37.3 Å². The first-order valence-electron chi connectivity index (χ1n) is 38.6. The zero-order chi connectivity index (χ0) is 68.6. The minimum Gasteiger partial charge on any atom is -0.462 e. The van der Waals surface area contributed by atoms with Crippen molar-refractivity contribution in [3.8, 4) is 0 Å². The lowest BCUT2D eigenvalue weighted by molar-refractivity contribution is -0.161. The maximum atomic E-state index is 13.1. The largest absolute Gasteiger partial charge is 0.472 e. The third-order valence-electron chi connectivity index (χ3n) is 17.9. The van der Waals surface area contributed by atoms with Crippen LogP contribution in [0.1, 0.15) is 382 Å². The first kappa shape index (κ1) is 91.1. The van der Waals surface area contributed by atoms with Crippen molar-refractivity contribution < 1.29 is 80.2 Å². The molecule has 0 rings (SSSR count). The van der Waals surface area contributed by atoms with E-state index in [2.05, 4.69) is 41.5 Å². The van der Waals surface area contributed by atoms with Crippen LogP contribution in [0.2, 0.25) is 0 Å². The molecule has 0 saturated heterocycles. The fraction of sp³-hybridized carbons (Fsp3) is 0.946. The maximum absolute atomic E-state index is 13.1. The fourth-order valence-electron chi connectivity index (χ4n) is 11.2. The van der Waals surface area contributed by atoms with Gasteiger partial charge in [-0.2, -0.15) is 0 Å². The molecule has 0 aromatic heterocycles. The minimum atomic E-state index is -4.96. The van der Waals surface area contributed by atoms with E-state index in [9.17, 15) is 43.2 Å². The summed E-state index contributed by atoms with van der Waals surface area (Å²) in [6.07, 6.45) is 52.9. The Morgan fingerprint density at radius 2 is 0.516 bits per heavy atom. The molecule has 0 amide bonds. The number of hydrogen-bond donors (Lipinski definition) is 3. The fourth-order valence-corrected chi connectivity index (χ4v) is 12.8. The van der Waals surface area contributed by atoms with Crippen LogP contribution >= 0.6 is 15.6 Å². The Morgan fingerprint density at radius 1 is 0.301 bits per heavy atom. The van der Waals surface area contributed by atoms with Gasteiger partial charge in [-0.15, -0.1) is 0 Å². The van der Waals surface area contributed by atoms with Gasteiger partial charge in [0.1, 0.15) is 19.3 Å². The lowest BCUT2D eigenvalue weighted by Crippen LogP contribution is -2.30. The molecule has 93 heavy (non-hydrogen) atoms. The van der Waals surface area contributed by atoms with Crippen LogP contribution in [0.3, 0.4) is 0 Å². The van der Waals surface area contributed by atoms with E-state index in [0.717, 1.165) is 108 Å². The van der Waals surface area contributed by atoms with Gasteiger partial charge < -0.3 is 33.8 Å². The van der Waals surface area contributed by atoms with Gasteiger partial charge in [0.2, 0.25) is 0 Å². The molecule has 0 aliphatic rings. The zero-order valence-electron chi connectivity index (χ0n) is 60.6. The van der Waals surface area contributed by atoms with E-state index in [0.29, 0.717) is 25.7 Å². The first-order chi connectivity index (χ1) is 44.9. The van der Waals surface area contributed by atoms with Gasteiger partial charge >= 0.3 is 39.5 Å². The Kier molecular flexibility index (Phi) is 64.6. The van der Waals surface area contributed by atoms with Crippen molar-refractivity contribution in [2.75, 3.05) is 39.6 Å². The van der Waals surface area contributed by atoms with Crippen LogP contribution in [-0.2, 0) is 65.4 Å². The third-order valence-corrected chi connectivity index (χ3v) is 19.8. The molecule has 0 bridgehead atoms. The number of aliphatic hydroxyl groups is 1. The molecule has 7 atom stereocenters. The summed E-state index contributed by atoms with van der Waals surface area (Å²) in [5.74, 6) is -0.672. The Morgan fingerprint density at radius 3 is 0.763 bits per heavy atom. The zero-order valence-corrected chi connectivity index (χ0v) is 62.3. The number of carbonyl (C=O) groups is 4. The monoisotopic (exact) mass is 1370 g/mol. The molecule has 0 aliphatic heterocycles. The average Bonchev–Trinajstić information content (AvgIpc) is 3.34. The topological polar surface area (TPSA) is 237 Å². The van der Waals surface area contributed by atoms with E-state index in [4.69, 9.17) is 37.0 Å². The van der Waals surface area contributed by atoms with Gasteiger partial charge in [0.05, 0.1) is 26.4 Å². The van der Waals surface area contributed by atoms with Crippen LogP contribution in [0.4, 0.5) is 0 Å². The van der Waals surface area contributed by atoms with Crippen molar-refractivity contribution in [1.29, 1.82) is 0 Å². The van der Waals surface area contributed by atoms with E-state index in [1.54, 1.807) is 0 Å². The highest BCUT2D eigenvalue weighted by atomic mass is 31.2. The van der Waals surface area contributed by atoms with E-state index in [1.165, 1.54) is 193 Å². The van der Waals surface area contributed by atoms with Crippen LogP contribution in [0.25, 0.3) is 0 Å². The second kappa shape index (κ2) is 66.0. The van der Waals surface area contributed by atoms with Crippen molar-refractivity contribution in [3.05, 3.63) is 0 Å². The normalized spacial score (nSPS) is 14.6. The molecule has 0 aromatic rings. The second-order valence-corrected chi connectivity index (χ2v) is 30.1. The predicted molar refractivity (Wildman–Crippen MR) is 377 cm³/mol. The van der Waals surface area contributed by atoms with Crippen LogP contribution in [0.5, 0.6) is 0 Å². The lowest BCUT2D eigenvalue weighted by Gasteiger charge is -2.21. The van der Waals surface area contributed by atoms with Gasteiger partial charge in [0, 0.05) is 25.7 Å². The summed E-state index contributed by atoms with van der Waals surface area (Å²) in [5, 5.41) is 10.6. The second-order valence-electron chi connectivity index (χ2n) is 27.2. The summed E-state index contributed by atoms with van der Waals surface area (Å²) in [7, 11) is -9.91. The number of esters is 4. The Labute approximate surface area is 568 Å². The number of carbonyl (C=O) groups excluding carboxylic acids is 4. The SMILES string of the molecule is CCCCCCCCCCCCCCCCCCCCCCC(=O)O[C@H](COC(=O)CCCCCCCCCCCCCCC)COP(=O)(O)OC[C@@H](O)COP(=O)(O)OC[C@@H](COC(=O)CCCCCCCCC(C)CC)OC(=O)CCCCCCCCC(C)CC. The van der Waals surface area contributed by atoms with Crippen molar-refractivity contribution in [1.82, 2.24) is 0 Å². The first-order valence-corrected chi connectivity index (χ1v) is 41.6. The summed E-state index contributed by atoms with van der Waals surface area (Å²) in [6.45, 7) is 9.49. The van der Waals surface area contributed by atoms with E-state index < -0.39 is 97.5 Å². The summed E-state index contributed by atoms with van der Waals surface area (Å²) >= 11 is 0. The Hall–Kier alpha value is -1.94. The molecule has 0 spiro atoms. The number of rotatable bonds is 73. The van der Waals surface area contributed by atoms with Gasteiger partial charge in [-0.05, 0) is 37.5 Å². The highest BCUT2D eigenvalue weighted by molar-refractivity contribution is 7.47. The Balaban J connectivity index is 5.20. The molecule has 4 unspecified atom stereocenters. The molecule has 19 heteroatoms. The number of ether oxygens (including phenoxy) is 4. The Bertz CT molecular complexity index is 1810. The van der Waals surface area contributed by atoms with Crippen molar-refractivity contribution >= 4 is 39.5 Å². The third kappa shape index (κ3) is 65.8. The molecule has 0 heterocycles. The smallest absolute Gasteiger partial charge is 0.462 e. The molecule has 0 radical (unpaired) electrons. The molecular weight excluding hydrogens is 1220 g/mol. The predicted octanol–water partition coefficient (Wildman–Crippen LogP) is 21.6. The number of unbranched alkanes of at least 4 members (excludes halogenated alkanes) is 41. The van der Waals surface area contributed by atoms with E-state index in [-0.39, 0.29) is 25.7 Å². The highest BCUT2D eigenvalue weighted by Gasteiger charge is 2.30. The van der Waals surface area contributed by atoms with Crippen LogP contribution in [0, 0.1) is 11.8 Å². The summed E-state index contributed by atoms with van der Waals surface area (Å²) in [4.78, 5) is 72.7. The number of phosphoric ester groups is 2.